The summed E-state index contributed by atoms with van der Waals surface area (Å²) in [7, 11) is 0. The molecule has 1 aromatic heterocycles. The minimum Gasteiger partial charge on any atom is -0.367 e. The lowest BCUT2D eigenvalue weighted by Crippen LogP contribution is -2.43. The van der Waals surface area contributed by atoms with Crippen molar-refractivity contribution in [3.8, 4) is 0 Å². The van der Waals surface area contributed by atoms with Crippen molar-refractivity contribution < 1.29 is 4.39 Å². The number of pyridine rings is 1. The van der Waals surface area contributed by atoms with Crippen molar-refractivity contribution in [3.05, 3.63) is 34.7 Å². The fraction of sp³-hybridized carbons (Fsp3) is 0.400. The van der Waals surface area contributed by atoms with Gasteiger partial charge in [-0.1, -0.05) is 12.2 Å². The molecule has 1 aliphatic heterocycles. The van der Waals surface area contributed by atoms with E-state index in [2.05, 4.69) is 21.7 Å². The number of aryl methyl sites for hydroxylation is 1. The van der Waals surface area contributed by atoms with Crippen molar-refractivity contribution in [2.24, 2.45) is 0 Å². The summed E-state index contributed by atoms with van der Waals surface area (Å²) >= 11 is 5.32. The van der Waals surface area contributed by atoms with E-state index in [0.717, 1.165) is 43.6 Å². The van der Waals surface area contributed by atoms with E-state index in [1.165, 1.54) is 0 Å². The summed E-state index contributed by atoms with van der Waals surface area (Å²) in [4.78, 5) is 2.10. The molecule has 0 aliphatic carbocycles. The summed E-state index contributed by atoms with van der Waals surface area (Å²) in [5.41, 5.74) is 1.69. The topological polar surface area (TPSA) is 20.2 Å². The first-order valence-electron chi connectivity index (χ1n) is 6.99. The molecule has 0 amide bonds. The molecule has 0 radical (unpaired) electrons. The summed E-state index contributed by atoms with van der Waals surface area (Å²) in [6.45, 7) is 6.39. The molecule has 1 saturated heterocycles. The van der Waals surface area contributed by atoms with Crippen LogP contribution in [0.5, 0.6) is 0 Å². The molecule has 3 nitrogen and oxygen atoms in total. The van der Waals surface area contributed by atoms with Crippen molar-refractivity contribution in [2.75, 3.05) is 31.1 Å². The van der Waals surface area contributed by atoms with E-state index in [1.807, 2.05) is 18.3 Å². The Bertz CT molecular complexity index is 689. The molecule has 0 saturated carbocycles. The number of anilines is 1. The van der Waals surface area contributed by atoms with E-state index >= 15 is 0 Å². The molecule has 3 rings (SSSR count). The van der Waals surface area contributed by atoms with Gasteiger partial charge in [-0.3, -0.25) is 0 Å². The van der Waals surface area contributed by atoms with E-state index in [9.17, 15) is 4.39 Å². The number of nitrogens with zero attached hydrogens (tertiary/aromatic N) is 2. The molecular formula is C15H18FN3S. The normalized spacial score (nSPS) is 15.8. The van der Waals surface area contributed by atoms with E-state index < -0.39 is 0 Å². The zero-order chi connectivity index (χ0) is 14.1. The maximum atomic E-state index is 14.4. The predicted octanol–water partition coefficient (Wildman–Crippen LogP) is 2.94. The van der Waals surface area contributed by atoms with Gasteiger partial charge in [0, 0.05) is 48.8 Å². The third-order valence-electron chi connectivity index (χ3n) is 3.84. The Morgan fingerprint density at radius 2 is 2.05 bits per heavy atom. The van der Waals surface area contributed by atoms with Gasteiger partial charge in [-0.2, -0.15) is 0 Å². The van der Waals surface area contributed by atoms with Gasteiger partial charge in [0.1, 0.15) is 5.82 Å². The molecule has 0 spiro atoms. The minimum atomic E-state index is -0.181. The van der Waals surface area contributed by atoms with Gasteiger partial charge in [-0.05, 0) is 25.1 Å². The number of hydrogen-bond acceptors (Lipinski definition) is 3. The van der Waals surface area contributed by atoms with Crippen LogP contribution in [0.1, 0.15) is 6.92 Å². The van der Waals surface area contributed by atoms with Crippen LogP contribution in [0.3, 0.4) is 0 Å². The Morgan fingerprint density at radius 3 is 2.75 bits per heavy atom. The summed E-state index contributed by atoms with van der Waals surface area (Å²) in [6.07, 6.45) is 1.98. The van der Waals surface area contributed by atoms with E-state index in [0.29, 0.717) is 10.2 Å². The number of halogens is 1. The molecule has 1 fully saturated rings. The second kappa shape index (κ2) is 5.50. The van der Waals surface area contributed by atoms with E-state index in [4.69, 9.17) is 12.2 Å². The number of aromatic nitrogens is 1. The molecule has 2 heterocycles. The van der Waals surface area contributed by atoms with Crippen molar-refractivity contribution in [3.63, 3.8) is 0 Å². The zero-order valence-electron chi connectivity index (χ0n) is 11.5. The van der Waals surface area contributed by atoms with Crippen LogP contribution in [0.4, 0.5) is 10.1 Å². The van der Waals surface area contributed by atoms with Crippen LogP contribution in [-0.2, 0) is 6.54 Å². The monoisotopic (exact) mass is 291 g/mol. The minimum absolute atomic E-state index is 0.181. The summed E-state index contributed by atoms with van der Waals surface area (Å²) in [6, 6.07) is 5.39. The van der Waals surface area contributed by atoms with Gasteiger partial charge < -0.3 is 14.8 Å². The Balaban J connectivity index is 2.18. The average molecular weight is 291 g/mol. The van der Waals surface area contributed by atoms with E-state index in [1.54, 1.807) is 6.07 Å². The van der Waals surface area contributed by atoms with Gasteiger partial charge in [0.15, 0.2) is 0 Å². The highest BCUT2D eigenvalue weighted by atomic mass is 32.1. The first kappa shape index (κ1) is 13.5. The smallest absolute Gasteiger partial charge is 0.147 e. The van der Waals surface area contributed by atoms with Crippen LogP contribution in [0, 0.1) is 10.3 Å². The summed E-state index contributed by atoms with van der Waals surface area (Å²) < 4.78 is 17.2. The lowest BCUT2D eigenvalue weighted by molar-refractivity contribution is 0.567. The summed E-state index contributed by atoms with van der Waals surface area (Å²) in [5.74, 6) is -0.181. The van der Waals surface area contributed by atoms with Gasteiger partial charge in [-0.15, -0.1) is 0 Å². The van der Waals surface area contributed by atoms with Crippen molar-refractivity contribution >= 4 is 28.8 Å². The number of benzene rings is 1. The van der Waals surface area contributed by atoms with Crippen molar-refractivity contribution in [2.45, 2.75) is 13.5 Å². The molecule has 0 atom stereocenters. The van der Waals surface area contributed by atoms with Gasteiger partial charge in [0.05, 0.1) is 11.2 Å². The first-order valence-corrected chi connectivity index (χ1v) is 7.40. The molecule has 1 aliphatic rings. The number of nitrogens with one attached hydrogen (secondary N) is 1. The molecule has 1 aromatic carbocycles. The molecule has 0 bridgehead atoms. The zero-order valence-corrected chi connectivity index (χ0v) is 12.3. The summed E-state index contributed by atoms with van der Waals surface area (Å²) in [5, 5.41) is 4.11. The number of piperazine rings is 1. The fourth-order valence-electron chi connectivity index (χ4n) is 2.74. The van der Waals surface area contributed by atoms with Crippen molar-refractivity contribution in [1.29, 1.82) is 0 Å². The highest BCUT2D eigenvalue weighted by Gasteiger charge is 2.16. The first-order chi connectivity index (χ1) is 9.70. The highest BCUT2D eigenvalue weighted by molar-refractivity contribution is 7.71. The molecule has 106 valence electrons. The number of hydrogen-bond donors (Lipinski definition) is 1. The molecule has 20 heavy (non-hydrogen) atoms. The molecule has 2 aromatic rings. The van der Waals surface area contributed by atoms with Crippen LogP contribution in [0.25, 0.3) is 10.9 Å². The fourth-order valence-corrected chi connectivity index (χ4v) is 2.96. The lowest BCUT2D eigenvalue weighted by atomic mass is 10.1. The second-order valence-electron chi connectivity index (χ2n) is 5.02. The average Bonchev–Trinajstić information content (AvgIpc) is 2.49. The van der Waals surface area contributed by atoms with Crippen LogP contribution in [-0.4, -0.2) is 30.7 Å². The van der Waals surface area contributed by atoms with E-state index in [-0.39, 0.29) is 5.82 Å². The van der Waals surface area contributed by atoms with Crippen LogP contribution in [0.15, 0.2) is 24.4 Å². The molecule has 0 unspecified atom stereocenters. The predicted molar refractivity (Wildman–Crippen MR) is 83.5 cm³/mol. The standard InChI is InChI=1S/C15H18FN3S/c1-2-18-6-3-15(20)11-9-12(16)14(10-13(11)18)19-7-4-17-5-8-19/h3,6,9-10,17H,2,4-5,7-8H2,1H3. The third kappa shape index (κ3) is 2.31. The number of fused-ring (bicyclic) bond motifs is 1. The quantitative estimate of drug-likeness (QED) is 0.859. The number of rotatable bonds is 2. The van der Waals surface area contributed by atoms with Crippen LogP contribution < -0.4 is 10.2 Å². The highest BCUT2D eigenvalue weighted by Crippen LogP contribution is 2.27. The maximum absolute atomic E-state index is 14.4. The second-order valence-corrected chi connectivity index (χ2v) is 5.46. The third-order valence-corrected chi connectivity index (χ3v) is 4.20. The van der Waals surface area contributed by atoms with Crippen LogP contribution >= 0.6 is 12.2 Å². The van der Waals surface area contributed by atoms with Gasteiger partial charge in [0.2, 0.25) is 0 Å². The van der Waals surface area contributed by atoms with Crippen molar-refractivity contribution in [1.82, 2.24) is 9.88 Å². The molecular weight excluding hydrogens is 273 g/mol. The Morgan fingerprint density at radius 1 is 1.30 bits per heavy atom. The Labute approximate surface area is 123 Å². The van der Waals surface area contributed by atoms with Gasteiger partial charge >= 0.3 is 0 Å². The Kier molecular flexibility index (Phi) is 3.72. The molecule has 5 heteroatoms. The van der Waals surface area contributed by atoms with Gasteiger partial charge in [0.25, 0.3) is 0 Å². The van der Waals surface area contributed by atoms with Gasteiger partial charge in [-0.25, -0.2) is 4.39 Å². The van der Waals surface area contributed by atoms with Crippen LogP contribution in [0.2, 0.25) is 0 Å². The Hall–Kier alpha value is -1.46. The maximum Gasteiger partial charge on any atom is 0.147 e. The molecule has 1 N–H and O–H groups in total. The lowest BCUT2D eigenvalue weighted by Gasteiger charge is -2.30. The SMILES string of the molecule is CCn1ccc(=S)c2cc(F)c(N3CCNCC3)cc21. The largest absolute Gasteiger partial charge is 0.367 e.